The van der Waals surface area contributed by atoms with Crippen LogP contribution in [0.4, 0.5) is 0 Å². The molecule has 1 rings (SSSR count). The second-order valence-electron chi connectivity index (χ2n) is 5.55. The predicted molar refractivity (Wildman–Crippen MR) is 73.7 cm³/mol. The average Bonchev–Trinajstić information content (AvgIpc) is 2.75. The van der Waals surface area contributed by atoms with Crippen molar-refractivity contribution in [2.75, 3.05) is 13.7 Å². The number of aldehydes is 1. The quantitative estimate of drug-likeness (QED) is 0.340. The maximum Gasteiger partial charge on any atom is 0.199 e. The lowest BCUT2D eigenvalue weighted by atomic mass is 10.5. The molecule has 0 fully saturated rings. The van der Waals surface area contributed by atoms with Crippen molar-refractivity contribution in [1.29, 1.82) is 0 Å². The summed E-state index contributed by atoms with van der Waals surface area (Å²) < 4.78 is 11.9. The smallest absolute Gasteiger partial charge is 0.199 e. The van der Waals surface area contributed by atoms with Crippen LogP contribution in [0, 0.1) is 0 Å². The van der Waals surface area contributed by atoms with E-state index in [2.05, 4.69) is 24.6 Å². The van der Waals surface area contributed by atoms with Crippen LogP contribution in [0.25, 0.3) is 0 Å². The zero-order valence-corrected chi connectivity index (χ0v) is 12.9. The molecule has 0 radical (unpaired) electrons. The lowest BCUT2D eigenvalue weighted by Gasteiger charge is -2.15. The summed E-state index contributed by atoms with van der Waals surface area (Å²) in [5.74, 6) is 0.221. The molecule has 0 amide bonds. The maximum absolute atomic E-state index is 10.9. The predicted octanol–water partition coefficient (Wildman–Crippen LogP) is 1.65. The van der Waals surface area contributed by atoms with Crippen LogP contribution < -0.4 is 0 Å². The van der Waals surface area contributed by atoms with Gasteiger partial charge in [0.05, 0.1) is 0 Å². The Balaban J connectivity index is 2.57. The van der Waals surface area contributed by atoms with E-state index >= 15 is 0 Å². The molecule has 0 aliphatic rings. The number of nitrogens with zero attached hydrogens (tertiary/aromatic N) is 2. The lowest BCUT2D eigenvalue weighted by Crippen LogP contribution is -2.22. The zero-order chi connectivity index (χ0) is 14.5. The number of hydrogen-bond donors (Lipinski definition) is 1. The van der Waals surface area contributed by atoms with Crippen molar-refractivity contribution in [3.8, 4) is 0 Å². The number of methoxy groups -OCH3 is 1. The Morgan fingerprint density at radius 1 is 1.53 bits per heavy atom. The van der Waals surface area contributed by atoms with Gasteiger partial charge in [-0.05, 0) is 6.04 Å². The van der Waals surface area contributed by atoms with Gasteiger partial charge >= 0.3 is 0 Å². The third-order valence-corrected chi connectivity index (χ3v) is 4.34. The largest absolute Gasteiger partial charge is 0.363 e. The number of ether oxygens (including phenoxy) is 2. The number of aromatic nitrogens is 2. The van der Waals surface area contributed by atoms with E-state index in [-0.39, 0.29) is 12.6 Å². The van der Waals surface area contributed by atoms with Crippen molar-refractivity contribution >= 4 is 14.4 Å². The third kappa shape index (κ3) is 5.23. The molecule has 0 saturated heterocycles. The molecule has 19 heavy (non-hydrogen) atoms. The van der Waals surface area contributed by atoms with Crippen LogP contribution in [0.15, 0.2) is 6.20 Å². The van der Waals surface area contributed by atoms with Gasteiger partial charge in [0, 0.05) is 28.0 Å². The number of carbonyl (C=O) groups excluding carboxylic acids is 1. The van der Waals surface area contributed by atoms with Crippen LogP contribution in [0.3, 0.4) is 0 Å². The normalized spacial score (nSPS) is 13.5. The highest BCUT2D eigenvalue weighted by molar-refractivity contribution is 6.76. The van der Waals surface area contributed by atoms with Crippen LogP contribution in [-0.4, -0.2) is 42.7 Å². The fraction of sp³-hybridized carbons (Fsp3) is 0.667. The number of rotatable bonds is 8. The summed E-state index contributed by atoms with van der Waals surface area (Å²) in [6.07, 6.45) is 1.07. The van der Waals surface area contributed by atoms with E-state index in [1.165, 1.54) is 7.11 Å². The first kappa shape index (κ1) is 16.0. The fourth-order valence-corrected chi connectivity index (χ4v) is 2.19. The topological polar surface area (TPSA) is 73.6 Å². The van der Waals surface area contributed by atoms with Crippen molar-refractivity contribution in [3.63, 3.8) is 0 Å². The molecule has 1 unspecified atom stereocenters. The summed E-state index contributed by atoms with van der Waals surface area (Å²) in [5, 5.41) is 9.49. The molecule has 1 heterocycles. The first-order chi connectivity index (χ1) is 8.87. The van der Waals surface area contributed by atoms with Gasteiger partial charge in [0.2, 0.25) is 0 Å². The third-order valence-electron chi connectivity index (χ3n) is 2.63. The zero-order valence-electron chi connectivity index (χ0n) is 11.9. The Morgan fingerprint density at radius 3 is 2.74 bits per heavy atom. The van der Waals surface area contributed by atoms with Crippen LogP contribution in [0.1, 0.15) is 22.6 Å². The van der Waals surface area contributed by atoms with Crippen LogP contribution in [0.2, 0.25) is 25.7 Å². The van der Waals surface area contributed by atoms with Crippen molar-refractivity contribution in [2.45, 2.75) is 38.7 Å². The monoisotopic (exact) mass is 286 g/mol. The molecule has 1 aromatic heterocycles. The Morgan fingerprint density at radius 2 is 2.21 bits per heavy atom. The molecule has 0 saturated carbocycles. The molecule has 0 spiro atoms. The van der Waals surface area contributed by atoms with Gasteiger partial charge < -0.3 is 19.1 Å². The SMILES string of the molecule is COC(O)c1cn(COCC[Si](C)(C)C)c(C=O)n1. The maximum atomic E-state index is 10.9. The molecule has 1 aromatic rings. The van der Waals surface area contributed by atoms with Crippen molar-refractivity contribution in [3.05, 3.63) is 17.7 Å². The molecule has 6 nitrogen and oxygen atoms in total. The number of aliphatic hydroxyl groups excluding tert-OH is 1. The minimum Gasteiger partial charge on any atom is -0.363 e. The fourth-order valence-electron chi connectivity index (χ4n) is 1.43. The number of hydrogen-bond acceptors (Lipinski definition) is 5. The number of aliphatic hydroxyl groups is 1. The summed E-state index contributed by atoms with van der Waals surface area (Å²) >= 11 is 0. The van der Waals surface area contributed by atoms with E-state index in [9.17, 15) is 9.90 Å². The molecule has 1 N–H and O–H groups in total. The minimum atomic E-state index is -1.12. The molecule has 0 aliphatic carbocycles. The summed E-state index contributed by atoms with van der Waals surface area (Å²) in [5.41, 5.74) is 0.304. The van der Waals surface area contributed by atoms with Crippen LogP contribution in [-0.2, 0) is 16.2 Å². The molecule has 108 valence electrons. The second-order valence-corrected chi connectivity index (χ2v) is 11.2. The molecule has 0 aromatic carbocycles. The first-order valence-electron chi connectivity index (χ1n) is 6.18. The molecule has 0 aliphatic heterocycles. The van der Waals surface area contributed by atoms with Crippen LogP contribution in [0.5, 0.6) is 0 Å². The molecular formula is C12H22N2O4Si. The summed E-state index contributed by atoms with van der Waals surface area (Å²) in [7, 11) is 0.255. The van der Waals surface area contributed by atoms with Gasteiger partial charge in [-0.15, -0.1) is 0 Å². The Hall–Kier alpha value is -1.02. The van der Waals surface area contributed by atoms with E-state index in [4.69, 9.17) is 9.47 Å². The Bertz CT molecular complexity index is 414. The van der Waals surface area contributed by atoms with E-state index in [0.717, 1.165) is 6.04 Å². The lowest BCUT2D eigenvalue weighted by molar-refractivity contribution is -0.0797. The highest BCUT2D eigenvalue weighted by Crippen LogP contribution is 2.13. The average molecular weight is 286 g/mol. The first-order valence-corrected chi connectivity index (χ1v) is 9.89. The van der Waals surface area contributed by atoms with Crippen molar-refractivity contribution in [1.82, 2.24) is 9.55 Å². The number of imidazole rings is 1. The molecule has 0 bridgehead atoms. The van der Waals surface area contributed by atoms with Gasteiger partial charge in [-0.25, -0.2) is 4.98 Å². The van der Waals surface area contributed by atoms with Gasteiger partial charge in [0.15, 0.2) is 18.4 Å². The summed E-state index contributed by atoms with van der Waals surface area (Å²) in [4.78, 5) is 14.9. The van der Waals surface area contributed by atoms with E-state index < -0.39 is 14.4 Å². The number of carbonyl (C=O) groups is 1. The summed E-state index contributed by atoms with van der Waals surface area (Å²) in [6.45, 7) is 7.74. The second kappa shape index (κ2) is 6.95. The van der Waals surface area contributed by atoms with Gasteiger partial charge in [0.25, 0.3) is 0 Å². The van der Waals surface area contributed by atoms with Crippen LogP contribution >= 0.6 is 0 Å². The van der Waals surface area contributed by atoms with Gasteiger partial charge in [-0.3, -0.25) is 4.79 Å². The Labute approximate surface area is 114 Å². The van der Waals surface area contributed by atoms with Gasteiger partial charge in [0.1, 0.15) is 12.4 Å². The van der Waals surface area contributed by atoms with E-state index in [1.54, 1.807) is 10.8 Å². The molecular weight excluding hydrogens is 264 g/mol. The Kier molecular flexibility index (Phi) is 5.86. The standard InChI is InChI=1S/C12H22N2O4Si/c1-17-12(16)10-7-14(11(8-15)13-10)9-18-5-6-19(2,3)4/h7-8,12,16H,5-6,9H2,1-4H3. The molecule has 7 heteroatoms. The minimum absolute atomic E-state index is 0.221. The van der Waals surface area contributed by atoms with Crippen molar-refractivity contribution in [2.24, 2.45) is 0 Å². The van der Waals surface area contributed by atoms with E-state index in [1.807, 2.05) is 0 Å². The summed E-state index contributed by atoms with van der Waals surface area (Å²) in [6, 6.07) is 1.06. The molecule has 1 atom stereocenters. The highest BCUT2D eigenvalue weighted by atomic mass is 28.3. The van der Waals surface area contributed by atoms with Crippen molar-refractivity contribution < 1.29 is 19.4 Å². The van der Waals surface area contributed by atoms with Gasteiger partial charge in [-0.1, -0.05) is 19.6 Å². The van der Waals surface area contributed by atoms with Gasteiger partial charge in [-0.2, -0.15) is 0 Å². The van der Waals surface area contributed by atoms with E-state index in [0.29, 0.717) is 18.6 Å². The highest BCUT2D eigenvalue weighted by Gasteiger charge is 2.15.